The van der Waals surface area contributed by atoms with Gasteiger partial charge in [-0.3, -0.25) is 4.79 Å². The van der Waals surface area contributed by atoms with Crippen LogP contribution in [0, 0.1) is 0 Å². The minimum Gasteiger partial charge on any atom is -0.496 e. The third-order valence-electron chi connectivity index (χ3n) is 3.86. The van der Waals surface area contributed by atoms with Crippen molar-refractivity contribution in [3.63, 3.8) is 0 Å². The normalized spacial score (nSPS) is 12.8. The maximum absolute atomic E-state index is 12.7. The molecule has 1 N–H and O–H groups in total. The molecule has 8 heteroatoms. The van der Waals surface area contributed by atoms with Gasteiger partial charge in [-0.05, 0) is 24.6 Å². The lowest BCUT2D eigenvalue weighted by molar-refractivity contribution is -0.153. The summed E-state index contributed by atoms with van der Waals surface area (Å²) in [6.07, 6.45) is -4.43. The quantitative estimate of drug-likeness (QED) is 0.430. The van der Waals surface area contributed by atoms with Crippen LogP contribution in [-0.2, 0) is 14.3 Å². The lowest BCUT2D eigenvalue weighted by Gasteiger charge is -2.16. The molecule has 1 amide bonds. The van der Waals surface area contributed by atoms with E-state index in [1.165, 1.54) is 20.1 Å². The van der Waals surface area contributed by atoms with E-state index in [2.05, 4.69) is 0 Å². The van der Waals surface area contributed by atoms with Gasteiger partial charge in [-0.2, -0.15) is 13.2 Å². The van der Waals surface area contributed by atoms with Crippen LogP contribution in [0.15, 0.2) is 54.6 Å². The molecular weight excluding hydrogens is 387 g/mol. The highest BCUT2D eigenvalue weighted by atomic mass is 19.4. The maximum atomic E-state index is 12.7. The number of hydrogen-bond acceptors (Lipinski definition) is 4. The number of methoxy groups -OCH3 is 1. The van der Waals surface area contributed by atoms with Crippen molar-refractivity contribution in [2.24, 2.45) is 0 Å². The van der Waals surface area contributed by atoms with E-state index in [1.807, 2.05) is 0 Å². The summed E-state index contributed by atoms with van der Waals surface area (Å²) in [6.45, 7) is -0.300. The Morgan fingerprint density at radius 1 is 1.07 bits per heavy atom. The molecule has 0 bridgehead atoms. The van der Waals surface area contributed by atoms with Crippen LogP contribution in [0.5, 0.6) is 5.75 Å². The van der Waals surface area contributed by atoms with Gasteiger partial charge in [0, 0.05) is 5.56 Å². The van der Waals surface area contributed by atoms with E-state index < -0.39 is 30.7 Å². The number of para-hydroxylation sites is 1. The Kier molecular flexibility index (Phi) is 7.41. The minimum atomic E-state index is -4.56. The van der Waals surface area contributed by atoms with Crippen LogP contribution in [0.1, 0.15) is 18.1 Å². The zero-order chi connectivity index (χ0) is 21.4. The second kappa shape index (κ2) is 9.77. The number of hydrogen-bond donors (Lipinski definition) is 1. The van der Waals surface area contributed by atoms with Crippen molar-refractivity contribution < 1.29 is 32.2 Å². The fourth-order valence-corrected chi connectivity index (χ4v) is 2.43. The number of halogens is 3. The third kappa shape index (κ3) is 6.67. The van der Waals surface area contributed by atoms with Gasteiger partial charge in [0.25, 0.3) is 5.91 Å². The number of nitrogens with one attached hydrogen (secondary N) is 1. The molecule has 2 aromatic rings. The maximum Gasteiger partial charge on any atom is 0.405 e. The number of ether oxygens (including phenoxy) is 2. The standard InChI is InChI=1S/C21H20F3NO4/c1-14(19(26)25-13-21(22,23)24)29-20(27)17(15-8-4-3-5-9-15)12-16-10-6-7-11-18(16)28-2/h3-12,14H,13H2,1-2H3,(H,25,26)/b17-12+/t14-/m0/s1. The van der Waals surface area contributed by atoms with Crippen molar-refractivity contribution in [1.29, 1.82) is 0 Å². The van der Waals surface area contributed by atoms with Crippen LogP contribution in [-0.4, -0.2) is 37.8 Å². The van der Waals surface area contributed by atoms with Gasteiger partial charge < -0.3 is 14.8 Å². The number of carbonyl (C=O) groups is 2. The molecule has 0 saturated carbocycles. The summed E-state index contributed by atoms with van der Waals surface area (Å²) in [7, 11) is 1.49. The van der Waals surface area contributed by atoms with Crippen LogP contribution >= 0.6 is 0 Å². The smallest absolute Gasteiger partial charge is 0.405 e. The number of alkyl halides is 3. The lowest BCUT2D eigenvalue weighted by atomic mass is 10.0. The van der Waals surface area contributed by atoms with Crippen LogP contribution < -0.4 is 10.1 Å². The average molecular weight is 407 g/mol. The molecule has 0 radical (unpaired) electrons. The Morgan fingerprint density at radius 2 is 1.69 bits per heavy atom. The van der Waals surface area contributed by atoms with Crippen molar-refractivity contribution >= 4 is 23.5 Å². The van der Waals surface area contributed by atoms with Crippen molar-refractivity contribution in [3.05, 3.63) is 65.7 Å². The first-order chi connectivity index (χ1) is 13.7. The second-order valence-corrected chi connectivity index (χ2v) is 6.05. The summed E-state index contributed by atoms with van der Waals surface area (Å²) in [5.41, 5.74) is 1.25. The van der Waals surface area contributed by atoms with Crippen LogP contribution in [0.25, 0.3) is 11.6 Å². The predicted octanol–water partition coefficient (Wildman–Crippen LogP) is 3.85. The van der Waals surface area contributed by atoms with Crippen LogP contribution in [0.4, 0.5) is 13.2 Å². The molecule has 29 heavy (non-hydrogen) atoms. The van der Waals surface area contributed by atoms with E-state index >= 15 is 0 Å². The topological polar surface area (TPSA) is 64.6 Å². The molecule has 0 aliphatic rings. The van der Waals surface area contributed by atoms with E-state index in [4.69, 9.17) is 9.47 Å². The molecule has 0 aliphatic heterocycles. The molecule has 0 unspecified atom stereocenters. The molecule has 0 saturated heterocycles. The first-order valence-corrected chi connectivity index (χ1v) is 8.67. The summed E-state index contributed by atoms with van der Waals surface area (Å²) in [5.74, 6) is -1.37. The third-order valence-corrected chi connectivity index (χ3v) is 3.86. The van der Waals surface area contributed by atoms with Crippen LogP contribution in [0.3, 0.4) is 0 Å². The highest BCUT2D eigenvalue weighted by Crippen LogP contribution is 2.26. The Hall–Kier alpha value is -3.29. The summed E-state index contributed by atoms with van der Waals surface area (Å²) in [6, 6.07) is 15.5. The molecule has 0 heterocycles. The van der Waals surface area contributed by atoms with Crippen molar-refractivity contribution in [1.82, 2.24) is 5.32 Å². The van der Waals surface area contributed by atoms with Crippen molar-refractivity contribution in [2.45, 2.75) is 19.2 Å². The molecule has 0 spiro atoms. The van der Waals surface area contributed by atoms with Crippen molar-refractivity contribution in [2.75, 3.05) is 13.7 Å². The van der Waals surface area contributed by atoms with E-state index in [1.54, 1.807) is 59.9 Å². The summed E-state index contributed by atoms with van der Waals surface area (Å²) in [4.78, 5) is 24.5. The summed E-state index contributed by atoms with van der Waals surface area (Å²) < 4.78 is 47.2. The SMILES string of the molecule is COc1ccccc1/C=C(/C(=O)O[C@@H](C)C(=O)NCC(F)(F)F)c1ccccc1. The number of rotatable bonds is 7. The van der Waals surface area contributed by atoms with E-state index in [0.717, 1.165) is 0 Å². The molecule has 2 aromatic carbocycles. The predicted molar refractivity (Wildman–Crippen MR) is 102 cm³/mol. The van der Waals surface area contributed by atoms with Gasteiger partial charge in [0.1, 0.15) is 12.3 Å². The number of carbonyl (C=O) groups excluding carboxylic acids is 2. The second-order valence-electron chi connectivity index (χ2n) is 6.05. The first kappa shape index (κ1) is 22.0. The summed E-state index contributed by atoms with van der Waals surface area (Å²) in [5, 5.41) is 1.69. The molecule has 0 aliphatic carbocycles. The number of esters is 1. The lowest BCUT2D eigenvalue weighted by Crippen LogP contribution is -2.40. The van der Waals surface area contributed by atoms with Gasteiger partial charge in [0.05, 0.1) is 12.7 Å². The largest absolute Gasteiger partial charge is 0.496 e. The monoisotopic (exact) mass is 407 g/mol. The van der Waals surface area contributed by atoms with Gasteiger partial charge in [-0.1, -0.05) is 48.5 Å². The zero-order valence-electron chi connectivity index (χ0n) is 15.8. The number of benzene rings is 2. The van der Waals surface area contributed by atoms with E-state index in [-0.39, 0.29) is 5.57 Å². The van der Waals surface area contributed by atoms with Gasteiger partial charge in [0.15, 0.2) is 6.10 Å². The Balaban J connectivity index is 2.27. The van der Waals surface area contributed by atoms with Gasteiger partial charge >= 0.3 is 12.1 Å². The molecule has 5 nitrogen and oxygen atoms in total. The Labute approximate surface area is 166 Å². The number of amides is 1. The van der Waals surface area contributed by atoms with Crippen molar-refractivity contribution in [3.8, 4) is 5.75 Å². The average Bonchev–Trinajstić information content (AvgIpc) is 2.70. The highest BCUT2D eigenvalue weighted by molar-refractivity contribution is 6.22. The summed E-state index contributed by atoms with van der Waals surface area (Å²) >= 11 is 0. The van der Waals surface area contributed by atoms with Crippen LogP contribution in [0.2, 0.25) is 0 Å². The van der Waals surface area contributed by atoms with Gasteiger partial charge in [-0.15, -0.1) is 0 Å². The molecule has 1 atom stereocenters. The first-order valence-electron chi connectivity index (χ1n) is 8.67. The molecule has 154 valence electrons. The highest BCUT2D eigenvalue weighted by Gasteiger charge is 2.30. The molecular formula is C21H20F3NO4. The minimum absolute atomic E-state index is 0.130. The Bertz CT molecular complexity index is 879. The zero-order valence-corrected chi connectivity index (χ0v) is 15.8. The fourth-order valence-electron chi connectivity index (χ4n) is 2.43. The Morgan fingerprint density at radius 3 is 2.31 bits per heavy atom. The van der Waals surface area contributed by atoms with Gasteiger partial charge in [-0.25, -0.2) is 4.79 Å². The van der Waals surface area contributed by atoms with Gasteiger partial charge in [0.2, 0.25) is 0 Å². The molecule has 2 rings (SSSR count). The van der Waals surface area contributed by atoms with E-state index in [9.17, 15) is 22.8 Å². The fraction of sp³-hybridized carbons (Fsp3) is 0.238. The van der Waals surface area contributed by atoms with E-state index in [0.29, 0.717) is 16.9 Å². The molecule has 0 fully saturated rings. The molecule has 0 aromatic heterocycles.